The molecule has 44 valence electrons. The maximum absolute atomic E-state index is 8.78. The molecule has 0 aliphatic carbocycles. The lowest BCUT2D eigenvalue weighted by molar-refractivity contribution is -1.10. The van der Waals surface area contributed by atoms with Gasteiger partial charge in [-0.2, -0.15) is 4.65 Å². The van der Waals surface area contributed by atoms with Crippen LogP contribution in [0.1, 0.15) is 6.92 Å². The average molecular weight is 106 g/mol. The van der Waals surface area contributed by atoms with E-state index in [1.54, 1.807) is 0 Å². The smallest absolute Gasteiger partial charge is 0.217 e. The molecule has 0 aromatic carbocycles. The minimum Gasteiger partial charge on any atom is -0.343 e. The molecule has 1 atom stereocenters. The lowest BCUT2D eigenvalue weighted by Crippen LogP contribution is -2.43. The first-order chi connectivity index (χ1) is 2.94. The Balaban J connectivity index is 3.54. The van der Waals surface area contributed by atoms with E-state index in [9.17, 15) is 0 Å². The van der Waals surface area contributed by atoms with Crippen molar-refractivity contribution in [3.05, 3.63) is 0 Å². The summed E-state index contributed by atoms with van der Waals surface area (Å²) in [6.07, 6.45) is -0.708. The second kappa shape index (κ2) is 1.78. The van der Waals surface area contributed by atoms with Crippen molar-refractivity contribution in [2.24, 2.45) is 0 Å². The molecule has 0 aromatic heterocycles. The second-order valence-electron chi connectivity index (χ2n) is 2.11. The molecule has 0 radical (unpaired) electrons. The zero-order chi connectivity index (χ0) is 6.08. The predicted octanol–water partition coefficient (Wildman–Crippen LogP) is -0.210. The summed E-state index contributed by atoms with van der Waals surface area (Å²) in [4.78, 5) is 0. The van der Waals surface area contributed by atoms with Crippen molar-refractivity contribution in [3.8, 4) is 0 Å². The fourth-order valence-electron chi connectivity index (χ4n) is 0. The number of aliphatic hydroxyl groups is 1. The summed E-state index contributed by atoms with van der Waals surface area (Å²) in [5.41, 5.74) is 0. The Morgan fingerprint density at radius 2 is 1.57 bits per heavy atom. The highest BCUT2D eigenvalue weighted by Crippen LogP contribution is 1.94. The zero-order valence-electron chi connectivity index (χ0n) is 4.92. The molecule has 0 spiro atoms. The molecule has 3 heteroatoms. The maximum Gasteiger partial charge on any atom is 0.217 e. The van der Waals surface area contributed by atoms with Crippen LogP contribution in [-0.2, 0) is 0 Å². The first-order valence-corrected chi connectivity index (χ1v) is 2.19. The van der Waals surface area contributed by atoms with E-state index in [1.807, 2.05) is 0 Å². The summed E-state index contributed by atoms with van der Waals surface area (Å²) < 4.78 is -0.389. The molecule has 1 unspecified atom stereocenters. The van der Waals surface area contributed by atoms with Crippen molar-refractivity contribution in [1.29, 1.82) is 0 Å². The van der Waals surface area contributed by atoms with Gasteiger partial charge in [-0.15, -0.1) is 0 Å². The SMILES string of the molecule is CC(O)[N+](C)(C)O. The first kappa shape index (κ1) is 6.88. The standard InChI is InChI=1S/C4H12NO2/c1-4(6)5(2,3)7/h4,6-7H,1-3H3/q+1. The fourth-order valence-corrected chi connectivity index (χ4v) is 0. The van der Waals surface area contributed by atoms with Gasteiger partial charge in [0.15, 0.2) is 0 Å². The molecular weight excluding hydrogens is 94.0 g/mol. The van der Waals surface area contributed by atoms with Gasteiger partial charge in [-0.3, -0.25) is 0 Å². The molecule has 0 aliphatic rings. The van der Waals surface area contributed by atoms with Crippen LogP contribution in [0.5, 0.6) is 0 Å². The van der Waals surface area contributed by atoms with E-state index < -0.39 is 6.23 Å². The van der Waals surface area contributed by atoms with Crippen LogP contribution >= 0.6 is 0 Å². The number of nitrogens with zero attached hydrogens (tertiary/aromatic N) is 1. The Kier molecular flexibility index (Phi) is 1.75. The van der Waals surface area contributed by atoms with E-state index in [0.29, 0.717) is 0 Å². The molecule has 0 heterocycles. The van der Waals surface area contributed by atoms with Crippen molar-refractivity contribution in [1.82, 2.24) is 0 Å². The summed E-state index contributed by atoms with van der Waals surface area (Å²) in [7, 11) is 3.01. The van der Waals surface area contributed by atoms with Gasteiger partial charge in [-0.25, -0.2) is 5.21 Å². The summed E-state index contributed by atoms with van der Waals surface area (Å²) in [6, 6.07) is 0. The van der Waals surface area contributed by atoms with Crippen LogP contribution in [-0.4, -0.2) is 35.3 Å². The number of hydrogen-bond acceptors (Lipinski definition) is 2. The van der Waals surface area contributed by atoms with Gasteiger partial charge in [0.05, 0.1) is 0 Å². The normalized spacial score (nSPS) is 16.7. The molecule has 0 aromatic rings. The van der Waals surface area contributed by atoms with Gasteiger partial charge in [0.1, 0.15) is 14.1 Å². The molecular formula is C4H12NO2+. The van der Waals surface area contributed by atoms with Gasteiger partial charge >= 0.3 is 0 Å². The molecule has 0 saturated carbocycles. The van der Waals surface area contributed by atoms with E-state index in [2.05, 4.69) is 0 Å². The third kappa shape index (κ3) is 2.56. The van der Waals surface area contributed by atoms with E-state index in [4.69, 9.17) is 10.3 Å². The highest BCUT2D eigenvalue weighted by Gasteiger charge is 2.16. The molecule has 7 heavy (non-hydrogen) atoms. The molecule has 0 fully saturated rings. The Bertz CT molecular complexity index is 55.2. The zero-order valence-corrected chi connectivity index (χ0v) is 4.92. The van der Waals surface area contributed by atoms with Gasteiger partial charge in [-0.1, -0.05) is 0 Å². The molecule has 0 aliphatic heterocycles. The highest BCUT2D eigenvalue weighted by molar-refractivity contribution is 4.13. The number of quaternary nitrogens is 1. The quantitative estimate of drug-likeness (QED) is 0.276. The van der Waals surface area contributed by atoms with Crippen molar-refractivity contribution in [2.45, 2.75) is 13.2 Å². The molecule has 0 amide bonds. The van der Waals surface area contributed by atoms with Gasteiger partial charge in [0, 0.05) is 6.92 Å². The van der Waals surface area contributed by atoms with E-state index in [-0.39, 0.29) is 4.65 Å². The largest absolute Gasteiger partial charge is 0.343 e. The number of hydrogen-bond donors (Lipinski definition) is 2. The topological polar surface area (TPSA) is 40.5 Å². The van der Waals surface area contributed by atoms with Crippen LogP contribution in [0.3, 0.4) is 0 Å². The van der Waals surface area contributed by atoms with Gasteiger partial charge < -0.3 is 5.11 Å². The van der Waals surface area contributed by atoms with Crippen molar-refractivity contribution >= 4 is 0 Å². The minimum atomic E-state index is -0.708. The van der Waals surface area contributed by atoms with Crippen molar-refractivity contribution in [2.75, 3.05) is 14.1 Å². The van der Waals surface area contributed by atoms with E-state index >= 15 is 0 Å². The minimum absolute atomic E-state index is 0.389. The third-order valence-corrected chi connectivity index (χ3v) is 0.914. The predicted molar refractivity (Wildman–Crippen MR) is 25.6 cm³/mol. The number of hydroxylamine groups is 3. The second-order valence-corrected chi connectivity index (χ2v) is 2.11. The Morgan fingerprint density at radius 3 is 1.57 bits per heavy atom. The van der Waals surface area contributed by atoms with Crippen LogP contribution in [0.2, 0.25) is 0 Å². The van der Waals surface area contributed by atoms with E-state index in [1.165, 1.54) is 21.0 Å². The Hall–Kier alpha value is -0.120. The van der Waals surface area contributed by atoms with Crippen LogP contribution < -0.4 is 0 Å². The van der Waals surface area contributed by atoms with Crippen LogP contribution in [0.25, 0.3) is 0 Å². The Labute approximate surface area is 43.3 Å². The first-order valence-electron chi connectivity index (χ1n) is 2.19. The van der Waals surface area contributed by atoms with Crippen molar-refractivity contribution in [3.63, 3.8) is 0 Å². The average Bonchev–Trinajstić information content (AvgIpc) is 1.31. The number of aliphatic hydroxyl groups excluding tert-OH is 1. The van der Waals surface area contributed by atoms with Crippen LogP contribution in [0, 0.1) is 0 Å². The molecule has 0 rings (SSSR count). The van der Waals surface area contributed by atoms with Crippen molar-refractivity contribution < 1.29 is 15.0 Å². The molecule has 2 N–H and O–H groups in total. The fraction of sp³-hybridized carbons (Fsp3) is 1.00. The summed E-state index contributed by atoms with van der Waals surface area (Å²) in [6.45, 7) is 1.53. The lowest BCUT2D eigenvalue weighted by Gasteiger charge is -2.21. The molecule has 0 saturated heterocycles. The monoisotopic (exact) mass is 106 g/mol. The van der Waals surface area contributed by atoms with Gasteiger partial charge in [0.25, 0.3) is 0 Å². The van der Waals surface area contributed by atoms with Gasteiger partial charge in [0.2, 0.25) is 6.23 Å². The number of rotatable bonds is 1. The van der Waals surface area contributed by atoms with Crippen LogP contribution in [0.15, 0.2) is 0 Å². The summed E-state index contributed by atoms with van der Waals surface area (Å²) in [5.74, 6) is 0. The van der Waals surface area contributed by atoms with E-state index in [0.717, 1.165) is 0 Å². The van der Waals surface area contributed by atoms with Crippen LogP contribution in [0.4, 0.5) is 0 Å². The summed E-state index contributed by atoms with van der Waals surface area (Å²) in [5, 5.41) is 17.4. The molecule has 3 nitrogen and oxygen atoms in total. The highest BCUT2D eigenvalue weighted by atomic mass is 16.6. The Morgan fingerprint density at radius 1 is 1.43 bits per heavy atom. The molecule has 0 bridgehead atoms. The van der Waals surface area contributed by atoms with Gasteiger partial charge in [-0.05, 0) is 0 Å². The third-order valence-electron chi connectivity index (χ3n) is 0.914. The lowest BCUT2D eigenvalue weighted by atomic mass is 10.6. The maximum atomic E-state index is 8.78. The summed E-state index contributed by atoms with van der Waals surface area (Å²) >= 11 is 0.